The summed E-state index contributed by atoms with van der Waals surface area (Å²) in [5.74, 6) is -3.22. The van der Waals surface area contributed by atoms with Gasteiger partial charge in [0.15, 0.2) is 17.7 Å². The van der Waals surface area contributed by atoms with Crippen molar-refractivity contribution in [2.24, 2.45) is 5.73 Å². The zero-order chi connectivity index (χ0) is 21.8. The van der Waals surface area contributed by atoms with Gasteiger partial charge in [-0.25, -0.2) is 13.8 Å². The number of amides is 1. The van der Waals surface area contributed by atoms with Crippen LogP contribution in [0.1, 0.15) is 41.3 Å². The van der Waals surface area contributed by atoms with Gasteiger partial charge in [0.25, 0.3) is 5.91 Å². The van der Waals surface area contributed by atoms with Gasteiger partial charge >= 0.3 is 0 Å². The van der Waals surface area contributed by atoms with Gasteiger partial charge in [-0.2, -0.15) is 0 Å². The van der Waals surface area contributed by atoms with Gasteiger partial charge in [-0.1, -0.05) is 36.7 Å². The number of halogens is 3. The van der Waals surface area contributed by atoms with Crippen LogP contribution in [0.15, 0.2) is 49.1 Å². The molecule has 3 aromatic rings. The second-order valence-electron chi connectivity index (χ2n) is 6.56. The molecule has 0 radical (unpaired) electrons. The number of aromatic nitrogens is 2. The first-order chi connectivity index (χ1) is 14.3. The van der Waals surface area contributed by atoms with Gasteiger partial charge in [0, 0.05) is 22.7 Å². The van der Waals surface area contributed by atoms with Gasteiger partial charge in [-0.3, -0.25) is 4.79 Å². The molecule has 0 bridgehead atoms. The fourth-order valence-electron chi connectivity index (χ4n) is 3.06. The van der Waals surface area contributed by atoms with Gasteiger partial charge in [0.05, 0.1) is 5.69 Å². The minimum atomic E-state index is -1.21. The predicted molar refractivity (Wildman–Crippen MR) is 111 cm³/mol. The average Bonchev–Trinajstić information content (AvgIpc) is 3.12. The highest BCUT2D eigenvalue weighted by Gasteiger charge is 2.24. The topological polar surface area (TPSA) is 81.0 Å². The van der Waals surface area contributed by atoms with E-state index in [4.69, 9.17) is 22.1 Å². The number of aromatic amines is 1. The average molecular weight is 432 g/mol. The molecule has 1 heterocycles. The Balaban J connectivity index is 1.99. The number of nitrogens with zero attached hydrogens (tertiary/aromatic N) is 1. The highest BCUT2D eigenvalue weighted by Crippen LogP contribution is 2.31. The zero-order valence-electron chi connectivity index (χ0n) is 16.2. The van der Waals surface area contributed by atoms with E-state index in [0.717, 1.165) is 23.4 Å². The third kappa shape index (κ3) is 4.36. The number of nitrogens with one attached hydrogen (secondary N) is 1. The summed E-state index contributed by atoms with van der Waals surface area (Å²) in [4.78, 5) is 19.2. The fourth-order valence-corrected chi connectivity index (χ4v) is 3.18. The fraction of sp³-hybridized carbons (Fsp3) is 0.182. The van der Waals surface area contributed by atoms with Crippen LogP contribution in [0.3, 0.4) is 0 Å². The lowest BCUT2D eigenvalue weighted by Gasteiger charge is -2.17. The molecule has 3 N–H and O–H groups in total. The number of rotatable bonds is 8. The molecule has 0 aliphatic rings. The number of benzene rings is 2. The van der Waals surface area contributed by atoms with E-state index in [1.807, 2.05) is 19.1 Å². The molecule has 0 saturated heterocycles. The Labute approximate surface area is 177 Å². The van der Waals surface area contributed by atoms with E-state index in [0.29, 0.717) is 29.4 Å². The van der Waals surface area contributed by atoms with E-state index in [9.17, 15) is 13.6 Å². The van der Waals surface area contributed by atoms with Crippen molar-refractivity contribution < 1.29 is 18.3 Å². The Morgan fingerprint density at radius 1 is 1.30 bits per heavy atom. The zero-order valence-corrected chi connectivity index (χ0v) is 17.0. The molecule has 1 atom stereocenters. The molecule has 1 unspecified atom stereocenters. The lowest BCUT2D eigenvalue weighted by atomic mass is 10.1. The Hall–Kier alpha value is -3.19. The molecule has 0 saturated carbocycles. The van der Waals surface area contributed by atoms with E-state index in [2.05, 4.69) is 16.5 Å². The molecule has 0 spiro atoms. The van der Waals surface area contributed by atoms with Crippen LogP contribution in [-0.4, -0.2) is 15.9 Å². The highest BCUT2D eigenvalue weighted by atomic mass is 35.5. The molecule has 0 aliphatic heterocycles. The minimum Gasteiger partial charge on any atom is -0.479 e. The molecule has 0 fully saturated rings. The molecular formula is C22H20ClF2N3O2. The number of hydrogen-bond donors (Lipinski definition) is 2. The van der Waals surface area contributed by atoms with Crippen molar-refractivity contribution in [1.82, 2.24) is 9.97 Å². The Morgan fingerprint density at radius 3 is 2.60 bits per heavy atom. The Bertz CT molecular complexity index is 1080. The van der Waals surface area contributed by atoms with Crippen molar-refractivity contribution >= 4 is 17.5 Å². The molecule has 5 nitrogen and oxygen atoms in total. The number of hydrogen-bond acceptors (Lipinski definition) is 3. The largest absolute Gasteiger partial charge is 0.479 e. The molecule has 3 rings (SSSR count). The monoisotopic (exact) mass is 431 g/mol. The smallest absolute Gasteiger partial charge is 0.254 e. The summed E-state index contributed by atoms with van der Waals surface area (Å²) in [6, 6.07) is 9.26. The molecule has 1 amide bonds. The van der Waals surface area contributed by atoms with Crippen LogP contribution in [0, 0.1) is 11.6 Å². The number of H-pyrrole nitrogens is 1. The van der Waals surface area contributed by atoms with Crippen molar-refractivity contribution in [2.45, 2.75) is 25.9 Å². The van der Waals surface area contributed by atoms with Crippen LogP contribution < -0.4 is 10.5 Å². The van der Waals surface area contributed by atoms with Crippen molar-refractivity contribution in [3.8, 4) is 17.0 Å². The van der Waals surface area contributed by atoms with Crippen LogP contribution in [0.2, 0.25) is 5.02 Å². The summed E-state index contributed by atoms with van der Waals surface area (Å²) in [7, 11) is 0. The van der Waals surface area contributed by atoms with Crippen molar-refractivity contribution in [3.05, 3.63) is 82.8 Å². The minimum absolute atomic E-state index is 0.285. The predicted octanol–water partition coefficient (Wildman–Crippen LogP) is 5.37. The maximum atomic E-state index is 14.6. The second kappa shape index (κ2) is 9.09. The summed E-state index contributed by atoms with van der Waals surface area (Å²) in [6.07, 6.45) is 2.02. The van der Waals surface area contributed by atoms with Gasteiger partial charge in [-0.05, 0) is 30.7 Å². The lowest BCUT2D eigenvalue weighted by Crippen LogP contribution is -2.17. The van der Waals surface area contributed by atoms with E-state index in [1.165, 1.54) is 0 Å². The molecule has 2 aromatic carbocycles. The van der Waals surface area contributed by atoms with Crippen molar-refractivity contribution in [3.63, 3.8) is 0 Å². The Kier molecular flexibility index (Phi) is 6.52. The number of allylic oxidation sites excluding steroid dienone is 1. The van der Waals surface area contributed by atoms with E-state index < -0.39 is 29.2 Å². The third-order valence-electron chi connectivity index (χ3n) is 4.51. The first-order valence-corrected chi connectivity index (χ1v) is 9.63. The van der Waals surface area contributed by atoms with E-state index in [1.54, 1.807) is 18.2 Å². The van der Waals surface area contributed by atoms with E-state index >= 15 is 0 Å². The number of carbonyl (C=O) groups is 1. The summed E-state index contributed by atoms with van der Waals surface area (Å²) >= 11 is 5.97. The molecule has 8 heteroatoms. The molecule has 156 valence electrons. The van der Waals surface area contributed by atoms with Crippen LogP contribution in [-0.2, 0) is 6.42 Å². The number of ether oxygens (including phenoxy) is 1. The molecule has 1 aromatic heterocycles. The first kappa shape index (κ1) is 21.5. The summed E-state index contributed by atoms with van der Waals surface area (Å²) < 4.78 is 34.1. The maximum Gasteiger partial charge on any atom is 0.254 e. The summed E-state index contributed by atoms with van der Waals surface area (Å²) in [5.41, 5.74) is 6.59. The molecular weight excluding hydrogens is 412 g/mol. The summed E-state index contributed by atoms with van der Waals surface area (Å²) in [6.45, 7) is 5.60. The summed E-state index contributed by atoms with van der Waals surface area (Å²) in [5, 5.41) is 0.603. The normalized spacial score (nSPS) is 11.9. The Morgan fingerprint density at radius 2 is 2.00 bits per heavy atom. The van der Waals surface area contributed by atoms with E-state index in [-0.39, 0.29) is 5.75 Å². The lowest BCUT2D eigenvalue weighted by molar-refractivity contribution is 0.0989. The second-order valence-corrected chi connectivity index (χ2v) is 7.00. The quantitative estimate of drug-likeness (QED) is 0.471. The van der Waals surface area contributed by atoms with Crippen molar-refractivity contribution in [1.29, 1.82) is 0 Å². The van der Waals surface area contributed by atoms with Crippen LogP contribution >= 0.6 is 11.6 Å². The number of carbonyl (C=O) groups excluding carboxylic acids is 1. The van der Waals surface area contributed by atoms with Gasteiger partial charge < -0.3 is 15.5 Å². The standard InChI is InChI=1S/C22H20ClF2N3O2/c1-3-5-15-20(12-6-8-13(23)9-7-12)28-22(27-15)16(4-2)30-17-11-10-14(24)18(19(17)25)21(26)29/h3,6-11,16H,1,4-5H2,2H3,(H2,26,29)(H,27,28). The van der Waals surface area contributed by atoms with Crippen LogP contribution in [0.4, 0.5) is 8.78 Å². The molecule has 30 heavy (non-hydrogen) atoms. The number of primary amides is 1. The highest BCUT2D eigenvalue weighted by molar-refractivity contribution is 6.30. The SMILES string of the molecule is C=CCc1[nH]c(C(CC)Oc2ccc(F)c(C(N)=O)c2F)nc1-c1ccc(Cl)cc1. The van der Waals surface area contributed by atoms with Crippen LogP contribution in [0.25, 0.3) is 11.3 Å². The number of imidazole rings is 1. The van der Waals surface area contributed by atoms with Crippen LogP contribution in [0.5, 0.6) is 5.75 Å². The number of nitrogens with two attached hydrogens (primary N) is 1. The maximum absolute atomic E-state index is 14.6. The van der Waals surface area contributed by atoms with Crippen molar-refractivity contribution in [2.75, 3.05) is 0 Å². The molecule has 0 aliphatic carbocycles. The first-order valence-electron chi connectivity index (χ1n) is 9.25. The van der Waals surface area contributed by atoms with Gasteiger partial charge in [-0.15, -0.1) is 6.58 Å². The third-order valence-corrected chi connectivity index (χ3v) is 4.76. The van der Waals surface area contributed by atoms with Gasteiger partial charge in [0.2, 0.25) is 0 Å². The van der Waals surface area contributed by atoms with Gasteiger partial charge in [0.1, 0.15) is 17.2 Å².